The smallest absolute Gasteiger partial charge is 0.253 e. The molecular formula is C28H38N6O2. The van der Waals surface area contributed by atoms with Gasteiger partial charge in [-0.05, 0) is 98.0 Å². The molecular weight excluding hydrogens is 452 g/mol. The van der Waals surface area contributed by atoms with Gasteiger partial charge in [0.1, 0.15) is 6.04 Å². The normalized spacial score (nSPS) is 23.4. The number of likely N-dealkylation sites (tertiary alicyclic amines) is 1. The molecule has 2 aliphatic heterocycles. The Labute approximate surface area is 212 Å². The summed E-state index contributed by atoms with van der Waals surface area (Å²) in [5, 5.41) is 14.1. The Morgan fingerprint density at radius 1 is 1.11 bits per heavy atom. The Morgan fingerprint density at radius 2 is 1.94 bits per heavy atom. The van der Waals surface area contributed by atoms with Crippen LogP contribution in [-0.2, 0) is 11.3 Å². The van der Waals surface area contributed by atoms with Gasteiger partial charge >= 0.3 is 0 Å². The molecule has 3 aliphatic rings. The second kappa shape index (κ2) is 9.71. The molecule has 1 saturated carbocycles. The second-order valence-corrected chi connectivity index (χ2v) is 11.5. The zero-order chi connectivity index (χ0) is 24.7. The first-order chi connectivity index (χ1) is 17.5. The van der Waals surface area contributed by atoms with E-state index in [0.717, 1.165) is 66.8 Å². The van der Waals surface area contributed by atoms with E-state index in [0.29, 0.717) is 12.0 Å². The van der Waals surface area contributed by atoms with Crippen LogP contribution in [0, 0.1) is 19.3 Å². The van der Waals surface area contributed by atoms with E-state index in [1.807, 2.05) is 4.68 Å². The van der Waals surface area contributed by atoms with Gasteiger partial charge in [-0.3, -0.25) is 9.69 Å². The van der Waals surface area contributed by atoms with Crippen LogP contribution in [0.2, 0.25) is 0 Å². The predicted octanol–water partition coefficient (Wildman–Crippen LogP) is 4.45. The monoisotopic (exact) mass is 490 g/mol. The number of rotatable bonds is 5. The van der Waals surface area contributed by atoms with Gasteiger partial charge in [-0.25, -0.2) is 4.68 Å². The highest BCUT2D eigenvalue weighted by molar-refractivity contribution is 5.83. The number of hydrogen-bond acceptors (Lipinski definition) is 6. The Bertz CT molecular complexity index is 1280. The Balaban J connectivity index is 1.45. The molecule has 3 aromatic rings. The van der Waals surface area contributed by atoms with Crippen molar-refractivity contribution in [2.24, 2.45) is 5.41 Å². The van der Waals surface area contributed by atoms with Crippen LogP contribution in [0.15, 0.2) is 23.0 Å². The third-order valence-electron chi connectivity index (χ3n) is 8.81. The van der Waals surface area contributed by atoms with Gasteiger partial charge in [0.25, 0.3) is 5.56 Å². The summed E-state index contributed by atoms with van der Waals surface area (Å²) in [4.78, 5) is 19.4. The first-order valence-electron chi connectivity index (χ1n) is 13.8. The first kappa shape index (κ1) is 23.8. The molecule has 0 amide bonds. The van der Waals surface area contributed by atoms with Gasteiger partial charge in [0, 0.05) is 29.6 Å². The number of benzene rings is 1. The summed E-state index contributed by atoms with van der Waals surface area (Å²) in [6.07, 6.45) is 11.2. The lowest BCUT2D eigenvalue weighted by molar-refractivity contribution is 0.0326. The van der Waals surface area contributed by atoms with Gasteiger partial charge in [0.05, 0.1) is 12.6 Å². The topological polar surface area (TPSA) is 88.9 Å². The molecule has 6 rings (SSSR count). The van der Waals surface area contributed by atoms with Gasteiger partial charge in [-0.2, -0.15) is 0 Å². The third kappa shape index (κ3) is 4.50. The van der Waals surface area contributed by atoms with Gasteiger partial charge < -0.3 is 9.72 Å². The van der Waals surface area contributed by atoms with Crippen LogP contribution in [0.25, 0.3) is 10.9 Å². The van der Waals surface area contributed by atoms with E-state index in [1.165, 1.54) is 44.1 Å². The minimum Gasteiger partial charge on any atom is -0.376 e. The van der Waals surface area contributed by atoms with Crippen LogP contribution in [0.1, 0.15) is 86.3 Å². The maximum Gasteiger partial charge on any atom is 0.253 e. The predicted molar refractivity (Wildman–Crippen MR) is 139 cm³/mol. The SMILES string of the molecule is Cc1cc(C)c2cc([C@@H](c3nnnn3C[C@@H]3CCCO3)N3CCCC4(CCCCC4)C3)c(=O)[nH]c2c1. The molecule has 1 aliphatic carbocycles. The standard InChI is InChI=1S/C28H38N6O2/c1-19-14-20(2)22-16-23(27(35)29-24(22)15-19)25(26-30-31-32-34(26)17-21-8-6-13-36-21)33-12-7-11-28(18-33)9-4-3-5-10-28/h14-16,21,25H,3-13,17-18H2,1-2H3,(H,29,35)/t21-,25-/m0/s1. The number of nitrogens with one attached hydrogen (secondary N) is 1. The molecule has 8 nitrogen and oxygen atoms in total. The number of pyridine rings is 1. The van der Waals surface area contributed by atoms with Crippen molar-refractivity contribution < 1.29 is 4.74 Å². The number of fused-ring (bicyclic) bond motifs is 1. The van der Waals surface area contributed by atoms with E-state index < -0.39 is 0 Å². The number of aromatic nitrogens is 5. The molecule has 0 unspecified atom stereocenters. The maximum absolute atomic E-state index is 13.7. The van der Waals surface area contributed by atoms with Gasteiger partial charge in [0.2, 0.25) is 0 Å². The third-order valence-corrected chi connectivity index (χ3v) is 8.81. The number of nitrogens with zero attached hydrogens (tertiary/aromatic N) is 5. The van der Waals surface area contributed by atoms with Gasteiger partial charge in [0.15, 0.2) is 5.82 Å². The van der Waals surface area contributed by atoms with E-state index in [9.17, 15) is 4.79 Å². The summed E-state index contributed by atoms with van der Waals surface area (Å²) in [7, 11) is 0. The fraction of sp³-hybridized carbons (Fsp3) is 0.643. The molecule has 3 fully saturated rings. The lowest BCUT2D eigenvalue weighted by atomic mass is 9.69. The van der Waals surface area contributed by atoms with Crippen molar-refractivity contribution in [3.63, 3.8) is 0 Å². The van der Waals surface area contributed by atoms with E-state index >= 15 is 0 Å². The molecule has 0 bridgehead atoms. The molecule has 36 heavy (non-hydrogen) atoms. The Hall–Kier alpha value is -2.58. The van der Waals surface area contributed by atoms with Crippen LogP contribution >= 0.6 is 0 Å². The summed E-state index contributed by atoms with van der Waals surface area (Å²) in [6, 6.07) is 6.05. The fourth-order valence-corrected chi connectivity index (χ4v) is 7.09. The number of aromatic amines is 1. The molecule has 4 heterocycles. The van der Waals surface area contributed by atoms with Crippen molar-refractivity contribution in [1.82, 2.24) is 30.1 Å². The van der Waals surface area contributed by atoms with Crippen LogP contribution in [0.3, 0.4) is 0 Å². The summed E-state index contributed by atoms with van der Waals surface area (Å²) < 4.78 is 7.81. The molecule has 2 saturated heterocycles. The van der Waals surface area contributed by atoms with Crippen LogP contribution in [-0.4, -0.2) is 55.9 Å². The van der Waals surface area contributed by atoms with Crippen molar-refractivity contribution in [3.8, 4) is 0 Å². The number of piperidine rings is 1. The quantitative estimate of drug-likeness (QED) is 0.569. The molecule has 1 aromatic carbocycles. The maximum atomic E-state index is 13.7. The molecule has 2 atom stereocenters. The van der Waals surface area contributed by atoms with E-state index in [4.69, 9.17) is 4.74 Å². The van der Waals surface area contributed by atoms with E-state index in [-0.39, 0.29) is 17.7 Å². The fourth-order valence-electron chi connectivity index (χ4n) is 7.09. The number of hydrogen-bond donors (Lipinski definition) is 1. The summed E-state index contributed by atoms with van der Waals surface area (Å²) in [5.41, 5.74) is 4.25. The van der Waals surface area contributed by atoms with Crippen LogP contribution < -0.4 is 5.56 Å². The molecule has 0 radical (unpaired) electrons. The van der Waals surface area contributed by atoms with Crippen molar-refractivity contribution in [2.75, 3.05) is 19.7 Å². The average Bonchev–Trinajstić information content (AvgIpc) is 3.53. The largest absolute Gasteiger partial charge is 0.376 e. The van der Waals surface area contributed by atoms with Crippen LogP contribution in [0.4, 0.5) is 0 Å². The molecule has 192 valence electrons. The lowest BCUT2D eigenvalue weighted by Crippen LogP contribution is -2.47. The summed E-state index contributed by atoms with van der Waals surface area (Å²) >= 11 is 0. The number of tetrazole rings is 1. The average molecular weight is 491 g/mol. The highest BCUT2D eigenvalue weighted by Crippen LogP contribution is 2.45. The molecule has 1 N–H and O–H groups in total. The number of ether oxygens (including phenoxy) is 1. The molecule has 8 heteroatoms. The number of H-pyrrole nitrogens is 1. The zero-order valence-electron chi connectivity index (χ0n) is 21.6. The molecule has 2 aromatic heterocycles. The van der Waals surface area contributed by atoms with E-state index in [1.54, 1.807) is 0 Å². The first-order valence-corrected chi connectivity index (χ1v) is 13.8. The Morgan fingerprint density at radius 3 is 2.75 bits per heavy atom. The van der Waals surface area contributed by atoms with Crippen molar-refractivity contribution in [2.45, 2.75) is 90.3 Å². The zero-order valence-corrected chi connectivity index (χ0v) is 21.6. The lowest BCUT2D eigenvalue weighted by Gasteiger charge is -2.47. The van der Waals surface area contributed by atoms with Gasteiger partial charge in [-0.15, -0.1) is 5.10 Å². The van der Waals surface area contributed by atoms with Gasteiger partial charge in [-0.1, -0.05) is 25.3 Å². The minimum atomic E-state index is -0.283. The summed E-state index contributed by atoms with van der Waals surface area (Å²) in [6.45, 7) is 7.55. The second-order valence-electron chi connectivity index (χ2n) is 11.5. The van der Waals surface area contributed by atoms with Crippen molar-refractivity contribution >= 4 is 10.9 Å². The highest BCUT2D eigenvalue weighted by Gasteiger charge is 2.41. The van der Waals surface area contributed by atoms with E-state index in [2.05, 4.69) is 57.5 Å². The number of aryl methyl sites for hydroxylation is 2. The summed E-state index contributed by atoms with van der Waals surface area (Å²) in [5.74, 6) is 0.757. The van der Waals surface area contributed by atoms with Crippen molar-refractivity contribution in [1.29, 1.82) is 0 Å². The molecule has 1 spiro atoms. The minimum absolute atomic E-state index is 0.0487. The van der Waals surface area contributed by atoms with Crippen molar-refractivity contribution in [3.05, 3.63) is 51.1 Å². The Kier molecular flexibility index (Phi) is 6.42. The highest BCUT2D eigenvalue weighted by atomic mass is 16.5. The van der Waals surface area contributed by atoms with Crippen LogP contribution in [0.5, 0.6) is 0 Å².